The zero-order valence-corrected chi connectivity index (χ0v) is 17.4. The van der Waals surface area contributed by atoms with Crippen molar-refractivity contribution in [1.29, 1.82) is 0 Å². The van der Waals surface area contributed by atoms with E-state index in [0.717, 1.165) is 43.3 Å². The van der Waals surface area contributed by atoms with E-state index < -0.39 is 0 Å². The molecule has 3 aromatic rings. The van der Waals surface area contributed by atoms with Gasteiger partial charge in [0.1, 0.15) is 0 Å². The Morgan fingerprint density at radius 1 is 1.14 bits per heavy atom. The van der Waals surface area contributed by atoms with Crippen molar-refractivity contribution in [3.63, 3.8) is 0 Å². The molecule has 150 valence electrons. The maximum atomic E-state index is 12.3. The molecule has 1 N–H and O–H groups in total. The first-order chi connectivity index (χ1) is 14.2. The number of anilines is 1. The van der Waals surface area contributed by atoms with Gasteiger partial charge in [0.2, 0.25) is 11.9 Å². The van der Waals surface area contributed by atoms with Crippen molar-refractivity contribution in [2.75, 3.05) is 23.7 Å². The SMILES string of the molecule is O=C(CSc1nnc(N2CCCC2)n1-c1cccc(Cl)c1)NCc1ccccn1. The second-order valence-electron chi connectivity index (χ2n) is 6.68. The van der Waals surface area contributed by atoms with Crippen LogP contribution in [0.15, 0.2) is 53.8 Å². The Morgan fingerprint density at radius 2 is 2.00 bits per heavy atom. The molecule has 1 aliphatic heterocycles. The van der Waals surface area contributed by atoms with Crippen molar-refractivity contribution in [3.8, 4) is 5.69 Å². The number of benzene rings is 1. The van der Waals surface area contributed by atoms with E-state index in [9.17, 15) is 4.79 Å². The number of carbonyl (C=O) groups is 1. The number of hydrogen-bond donors (Lipinski definition) is 1. The van der Waals surface area contributed by atoms with Crippen LogP contribution in [-0.4, -0.2) is 44.5 Å². The fourth-order valence-corrected chi connectivity index (χ4v) is 4.15. The van der Waals surface area contributed by atoms with Crippen LogP contribution in [0.25, 0.3) is 5.69 Å². The lowest BCUT2D eigenvalue weighted by Gasteiger charge is -2.18. The van der Waals surface area contributed by atoms with Crippen molar-refractivity contribution in [2.45, 2.75) is 24.5 Å². The molecule has 1 aliphatic rings. The number of thioether (sulfide) groups is 1. The summed E-state index contributed by atoms with van der Waals surface area (Å²) < 4.78 is 1.98. The molecule has 1 aromatic carbocycles. The number of nitrogens with zero attached hydrogens (tertiary/aromatic N) is 5. The van der Waals surface area contributed by atoms with E-state index in [1.807, 2.05) is 47.0 Å². The summed E-state index contributed by atoms with van der Waals surface area (Å²) in [6.45, 7) is 2.31. The lowest BCUT2D eigenvalue weighted by molar-refractivity contribution is -0.118. The summed E-state index contributed by atoms with van der Waals surface area (Å²) in [4.78, 5) is 18.7. The summed E-state index contributed by atoms with van der Waals surface area (Å²) in [5, 5.41) is 13.0. The number of carbonyl (C=O) groups excluding carboxylic acids is 1. The molecule has 3 heterocycles. The molecule has 1 fully saturated rings. The molecule has 0 bridgehead atoms. The van der Waals surface area contributed by atoms with E-state index in [2.05, 4.69) is 25.4 Å². The number of halogens is 1. The molecule has 7 nitrogen and oxygen atoms in total. The molecule has 0 aliphatic carbocycles. The summed E-state index contributed by atoms with van der Waals surface area (Å²) in [6.07, 6.45) is 3.99. The fourth-order valence-electron chi connectivity index (χ4n) is 3.19. The Bertz CT molecular complexity index is 974. The lowest BCUT2D eigenvalue weighted by atomic mass is 10.3. The number of aromatic nitrogens is 4. The Hall–Kier alpha value is -2.58. The third-order valence-corrected chi connectivity index (χ3v) is 5.76. The third-order valence-electron chi connectivity index (χ3n) is 4.60. The standard InChI is InChI=1S/C20H21ClN6OS/c21-15-6-5-8-17(12-15)27-19(26-10-3-4-11-26)24-25-20(27)29-14-18(28)23-13-16-7-1-2-9-22-16/h1-2,5-9,12H,3-4,10-11,13-14H2,(H,23,28). The van der Waals surface area contributed by atoms with Crippen molar-refractivity contribution in [1.82, 2.24) is 25.1 Å². The zero-order chi connectivity index (χ0) is 20.1. The highest BCUT2D eigenvalue weighted by Gasteiger charge is 2.23. The van der Waals surface area contributed by atoms with Gasteiger partial charge in [0.25, 0.3) is 0 Å². The predicted octanol–water partition coefficient (Wildman–Crippen LogP) is 3.32. The molecule has 9 heteroatoms. The van der Waals surface area contributed by atoms with Gasteiger partial charge in [-0.2, -0.15) is 0 Å². The van der Waals surface area contributed by atoms with Gasteiger partial charge in [-0.15, -0.1) is 10.2 Å². The molecule has 0 radical (unpaired) electrons. The monoisotopic (exact) mass is 428 g/mol. The quantitative estimate of drug-likeness (QED) is 0.582. The summed E-state index contributed by atoms with van der Waals surface area (Å²) in [6, 6.07) is 13.2. The smallest absolute Gasteiger partial charge is 0.232 e. The maximum Gasteiger partial charge on any atom is 0.232 e. The van der Waals surface area contributed by atoms with Gasteiger partial charge in [-0.25, -0.2) is 0 Å². The van der Waals surface area contributed by atoms with Gasteiger partial charge in [-0.3, -0.25) is 14.3 Å². The van der Waals surface area contributed by atoms with Gasteiger partial charge >= 0.3 is 0 Å². The highest BCUT2D eigenvalue weighted by molar-refractivity contribution is 7.99. The Labute approximate surface area is 178 Å². The predicted molar refractivity (Wildman–Crippen MR) is 115 cm³/mol. The molecule has 0 atom stereocenters. The fraction of sp³-hybridized carbons (Fsp3) is 0.300. The molecule has 0 spiro atoms. The third kappa shape index (κ3) is 4.89. The highest BCUT2D eigenvalue weighted by atomic mass is 35.5. The summed E-state index contributed by atoms with van der Waals surface area (Å²) >= 11 is 7.57. The van der Waals surface area contributed by atoms with Gasteiger partial charge in [-0.05, 0) is 43.2 Å². The molecule has 2 aromatic heterocycles. The van der Waals surface area contributed by atoms with Crippen LogP contribution in [0.5, 0.6) is 0 Å². The van der Waals surface area contributed by atoms with E-state index in [1.54, 1.807) is 6.20 Å². The highest BCUT2D eigenvalue weighted by Crippen LogP contribution is 2.29. The zero-order valence-electron chi connectivity index (χ0n) is 15.8. The summed E-state index contributed by atoms with van der Waals surface area (Å²) in [5.74, 6) is 0.955. The average Bonchev–Trinajstić information content (AvgIpc) is 3.41. The molecule has 0 unspecified atom stereocenters. The summed E-state index contributed by atoms with van der Waals surface area (Å²) in [5.41, 5.74) is 1.71. The van der Waals surface area contributed by atoms with Gasteiger partial charge in [0.05, 0.1) is 23.7 Å². The number of nitrogens with one attached hydrogen (secondary N) is 1. The van der Waals surface area contributed by atoms with E-state index in [0.29, 0.717) is 16.7 Å². The number of rotatable bonds is 7. The molecular formula is C20H21ClN6OS. The molecule has 29 heavy (non-hydrogen) atoms. The van der Waals surface area contributed by atoms with Gasteiger partial charge in [0, 0.05) is 24.3 Å². The lowest BCUT2D eigenvalue weighted by Crippen LogP contribution is -2.25. The number of amides is 1. The number of pyridine rings is 1. The van der Waals surface area contributed by atoms with E-state index in [4.69, 9.17) is 11.6 Å². The van der Waals surface area contributed by atoms with Crippen LogP contribution in [0.2, 0.25) is 5.02 Å². The minimum absolute atomic E-state index is 0.0796. The largest absolute Gasteiger partial charge is 0.350 e. The van der Waals surface area contributed by atoms with Crippen LogP contribution in [-0.2, 0) is 11.3 Å². The van der Waals surface area contributed by atoms with Gasteiger partial charge < -0.3 is 10.2 Å². The second kappa shape index (κ2) is 9.28. The Morgan fingerprint density at radius 3 is 2.76 bits per heavy atom. The first kappa shape index (κ1) is 19.7. The van der Waals surface area contributed by atoms with Crippen LogP contribution in [0.3, 0.4) is 0 Å². The van der Waals surface area contributed by atoms with Gasteiger partial charge in [-0.1, -0.05) is 35.5 Å². The Balaban J connectivity index is 1.48. The van der Waals surface area contributed by atoms with Crippen molar-refractivity contribution in [2.24, 2.45) is 0 Å². The van der Waals surface area contributed by atoms with Crippen LogP contribution in [0.1, 0.15) is 18.5 Å². The van der Waals surface area contributed by atoms with Crippen LogP contribution in [0.4, 0.5) is 5.95 Å². The molecular weight excluding hydrogens is 408 g/mol. The van der Waals surface area contributed by atoms with Crippen LogP contribution in [0, 0.1) is 0 Å². The average molecular weight is 429 g/mol. The summed E-state index contributed by atoms with van der Waals surface area (Å²) in [7, 11) is 0. The van der Waals surface area contributed by atoms with Crippen molar-refractivity contribution in [3.05, 3.63) is 59.4 Å². The molecule has 1 saturated heterocycles. The van der Waals surface area contributed by atoms with Crippen LogP contribution >= 0.6 is 23.4 Å². The first-order valence-electron chi connectivity index (χ1n) is 9.46. The van der Waals surface area contributed by atoms with E-state index in [-0.39, 0.29) is 11.7 Å². The number of hydrogen-bond acceptors (Lipinski definition) is 6. The van der Waals surface area contributed by atoms with E-state index in [1.165, 1.54) is 11.8 Å². The first-order valence-corrected chi connectivity index (χ1v) is 10.8. The van der Waals surface area contributed by atoms with Crippen molar-refractivity contribution >= 4 is 35.2 Å². The van der Waals surface area contributed by atoms with Crippen molar-refractivity contribution < 1.29 is 4.79 Å². The Kier molecular flexibility index (Phi) is 6.31. The maximum absolute atomic E-state index is 12.3. The molecule has 4 rings (SSSR count). The minimum atomic E-state index is -0.0796. The topological polar surface area (TPSA) is 75.9 Å². The normalized spacial score (nSPS) is 13.6. The van der Waals surface area contributed by atoms with Crippen LogP contribution < -0.4 is 10.2 Å². The second-order valence-corrected chi connectivity index (χ2v) is 8.06. The molecule has 0 saturated carbocycles. The van der Waals surface area contributed by atoms with E-state index >= 15 is 0 Å². The molecule has 1 amide bonds. The van der Waals surface area contributed by atoms with Gasteiger partial charge in [0.15, 0.2) is 5.16 Å². The minimum Gasteiger partial charge on any atom is -0.350 e.